The van der Waals surface area contributed by atoms with Gasteiger partial charge in [-0.15, -0.1) is 0 Å². The number of nitrogens with zero attached hydrogens (tertiary/aromatic N) is 1. The molecule has 5 heteroatoms. The molecule has 0 bridgehead atoms. The second-order valence-electron chi connectivity index (χ2n) is 5.51. The maximum atomic E-state index is 13.5. The van der Waals surface area contributed by atoms with E-state index in [2.05, 4.69) is 15.6 Å². The van der Waals surface area contributed by atoms with E-state index in [-0.39, 0.29) is 17.8 Å². The Labute approximate surface area is 136 Å². The molecule has 0 aliphatic heterocycles. The first-order valence-corrected chi connectivity index (χ1v) is 7.83. The first-order chi connectivity index (χ1) is 11.1. The summed E-state index contributed by atoms with van der Waals surface area (Å²) in [5, 5.41) is 6.08. The number of aromatic nitrogens is 1. The van der Waals surface area contributed by atoms with E-state index in [1.807, 2.05) is 19.9 Å². The predicted octanol–water partition coefficient (Wildman–Crippen LogP) is 3.40. The van der Waals surface area contributed by atoms with Crippen LogP contribution in [0.1, 0.15) is 36.2 Å². The van der Waals surface area contributed by atoms with Gasteiger partial charge >= 0.3 is 0 Å². The minimum atomic E-state index is -0.200. The van der Waals surface area contributed by atoms with Crippen molar-refractivity contribution in [2.24, 2.45) is 0 Å². The lowest BCUT2D eigenvalue weighted by atomic mass is 10.1. The number of carbonyl (C=O) groups excluding carboxylic acids is 1. The highest BCUT2D eigenvalue weighted by atomic mass is 19.1. The van der Waals surface area contributed by atoms with Crippen LogP contribution in [0.3, 0.4) is 0 Å². The van der Waals surface area contributed by atoms with Crippen molar-refractivity contribution in [3.8, 4) is 0 Å². The van der Waals surface area contributed by atoms with E-state index < -0.39 is 0 Å². The fourth-order valence-electron chi connectivity index (χ4n) is 2.11. The Morgan fingerprint density at radius 3 is 2.83 bits per heavy atom. The summed E-state index contributed by atoms with van der Waals surface area (Å²) in [6, 6.07) is 8.60. The van der Waals surface area contributed by atoms with Crippen molar-refractivity contribution in [2.75, 3.05) is 11.9 Å². The van der Waals surface area contributed by atoms with E-state index in [4.69, 9.17) is 0 Å². The normalized spacial score (nSPS) is 11.8. The molecule has 2 aromatic rings. The van der Waals surface area contributed by atoms with Crippen molar-refractivity contribution in [3.63, 3.8) is 0 Å². The fourth-order valence-corrected chi connectivity index (χ4v) is 2.11. The minimum Gasteiger partial charge on any atom is -0.383 e. The maximum Gasteiger partial charge on any atom is 0.253 e. The van der Waals surface area contributed by atoms with Gasteiger partial charge < -0.3 is 10.6 Å². The van der Waals surface area contributed by atoms with Gasteiger partial charge in [0, 0.05) is 25.0 Å². The van der Waals surface area contributed by atoms with E-state index in [9.17, 15) is 9.18 Å². The average molecular weight is 315 g/mol. The third-order valence-electron chi connectivity index (χ3n) is 3.67. The van der Waals surface area contributed by atoms with Crippen molar-refractivity contribution >= 4 is 11.6 Å². The van der Waals surface area contributed by atoms with Crippen LogP contribution < -0.4 is 10.6 Å². The van der Waals surface area contributed by atoms with Crippen molar-refractivity contribution in [1.82, 2.24) is 10.3 Å². The Morgan fingerprint density at radius 2 is 2.09 bits per heavy atom. The molecule has 0 spiro atoms. The van der Waals surface area contributed by atoms with Crippen LogP contribution in [0.5, 0.6) is 0 Å². The Morgan fingerprint density at radius 1 is 1.30 bits per heavy atom. The Hall–Kier alpha value is -2.43. The van der Waals surface area contributed by atoms with E-state index in [1.165, 1.54) is 6.07 Å². The number of nitrogens with one attached hydrogen (secondary N) is 2. The Bertz CT molecular complexity index is 660. The van der Waals surface area contributed by atoms with Gasteiger partial charge in [0.15, 0.2) is 0 Å². The molecular weight excluding hydrogens is 293 g/mol. The molecule has 122 valence electrons. The molecule has 1 heterocycles. The molecule has 0 saturated carbocycles. The SMILES string of the molecule is CCC(C)NC(=O)c1cncc(NCCc2ccccc2F)c1. The number of benzene rings is 1. The lowest BCUT2D eigenvalue weighted by Crippen LogP contribution is -2.32. The third kappa shape index (κ3) is 5.06. The molecule has 1 atom stereocenters. The summed E-state index contributed by atoms with van der Waals surface area (Å²) in [6.45, 7) is 4.55. The monoisotopic (exact) mass is 315 g/mol. The van der Waals surface area contributed by atoms with E-state index in [0.717, 1.165) is 12.1 Å². The number of rotatable bonds is 7. The topological polar surface area (TPSA) is 54.0 Å². The van der Waals surface area contributed by atoms with Crippen molar-refractivity contribution in [1.29, 1.82) is 0 Å². The lowest BCUT2D eigenvalue weighted by molar-refractivity contribution is 0.0939. The zero-order chi connectivity index (χ0) is 16.7. The molecule has 1 unspecified atom stereocenters. The largest absolute Gasteiger partial charge is 0.383 e. The molecule has 4 nitrogen and oxygen atoms in total. The Kier molecular flexibility index (Phi) is 6.09. The van der Waals surface area contributed by atoms with Crippen LogP contribution in [-0.4, -0.2) is 23.5 Å². The summed E-state index contributed by atoms with van der Waals surface area (Å²) in [6.07, 6.45) is 4.64. The summed E-state index contributed by atoms with van der Waals surface area (Å²) in [7, 11) is 0. The molecule has 2 rings (SSSR count). The van der Waals surface area contributed by atoms with Gasteiger partial charge in [0.1, 0.15) is 5.82 Å². The van der Waals surface area contributed by atoms with Gasteiger partial charge in [0.25, 0.3) is 5.91 Å². The number of halogens is 1. The van der Waals surface area contributed by atoms with Crippen LogP contribution in [0.25, 0.3) is 0 Å². The molecule has 1 aromatic heterocycles. The summed E-state index contributed by atoms with van der Waals surface area (Å²) in [4.78, 5) is 16.2. The summed E-state index contributed by atoms with van der Waals surface area (Å²) in [5.41, 5.74) is 1.93. The molecule has 0 aliphatic rings. The summed E-state index contributed by atoms with van der Waals surface area (Å²) >= 11 is 0. The highest BCUT2D eigenvalue weighted by Crippen LogP contribution is 2.11. The van der Waals surface area contributed by atoms with Gasteiger partial charge in [-0.1, -0.05) is 25.1 Å². The standard InChI is InChI=1S/C18H22FN3O/c1-3-13(2)22-18(23)15-10-16(12-20-11-15)21-9-8-14-6-4-5-7-17(14)19/h4-7,10-13,21H,3,8-9H2,1-2H3,(H,22,23). The molecule has 0 radical (unpaired) electrons. The zero-order valence-electron chi connectivity index (χ0n) is 13.5. The highest BCUT2D eigenvalue weighted by Gasteiger charge is 2.09. The molecule has 1 aromatic carbocycles. The quantitative estimate of drug-likeness (QED) is 0.823. The number of carbonyl (C=O) groups is 1. The predicted molar refractivity (Wildman–Crippen MR) is 90.0 cm³/mol. The highest BCUT2D eigenvalue weighted by molar-refractivity contribution is 5.94. The van der Waals surface area contributed by atoms with E-state index >= 15 is 0 Å². The first-order valence-electron chi connectivity index (χ1n) is 7.83. The molecule has 2 N–H and O–H groups in total. The van der Waals surface area contributed by atoms with Gasteiger partial charge in [0.2, 0.25) is 0 Å². The van der Waals surface area contributed by atoms with E-state index in [1.54, 1.807) is 30.6 Å². The third-order valence-corrected chi connectivity index (χ3v) is 3.67. The molecule has 1 amide bonds. The molecular formula is C18H22FN3O. The molecule has 0 aliphatic carbocycles. The summed E-state index contributed by atoms with van der Waals surface area (Å²) < 4.78 is 13.5. The lowest BCUT2D eigenvalue weighted by Gasteiger charge is -2.12. The maximum absolute atomic E-state index is 13.5. The fraction of sp³-hybridized carbons (Fsp3) is 0.333. The van der Waals surface area contributed by atoms with Crippen molar-refractivity contribution in [2.45, 2.75) is 32.7 Å². The van der Waals surface area contributed by atoms with Crippen molar-refractivity contribution in [3.05, 3.63) is 59.7 Å². The number of amides is 1. The minimum absolute atomic E-state index is 0.125. The molecule has 0 saturated heterocycles. The first kappa shape index (κ1) is 16.9. The zero-order valence-corrected chi connectivity index (χ0v) is 13.5. The smallest absolute Gasteiger partial charge is 0.253 e. The van der Waals surface area contributed by atoms with Gasteiger partial charge in [-0.3, -0.25) is 9.78 Å². The van der Waals surface area contributed by atoms with Gasteiger partial charge in [-0.05, 0) is 37.5 Å². The van der Waals surface area contributed by atoms with E-state index in [0.29, 0.717) is 24.1 Å². The molecule has 23 heavy (non-hydrogen) atoms. The van der Waals surface area contributed by atoms with Crippen LogP contribution in [0, 0.1) is 5.82 Å². The summed E-state index contributed by atoms with van der Waals surface area (Å²) in [5.74, 6) is -0.335. The van der Waals surface area contributed by atoms with Gasteiger partial charge in [0.05, 0.1) is 11.3 Å². The number of hydrogen-bond acceptors (Lipinski definition) is 3. The number of hydrogen-bond donors (Lipinski definition) is 2. The van der Waals surface area contributed by atoms with Crippen molar-refractivity contribution < 1.29 is 9.18 Å². The van der Waals surface area contributed by atoms with Crippen LogP contribution in [0.4, 0.5) is 10.1 Å². The van der Waals surface area contributed by atoms with Crippen LogP contribution in [-0.2, 0) is 6.42 Å². The van der Waals surface area contributed by atoms with Crippen LogP contribution in [0.15, 0.2) is 42.7 Å². The number of anilines is 1. The second kappa shape index (κ2) is 8.27. The number of pyridine rings is 1. The second-order valence-corrected chi connectivity index (χ2v) is 5.51. The average Bonchev–Trinajstić information content (AvgIpc) is 2.56. The van der Waals surface area contributed by atoms with Gasteiger partial charge in [-0.2, -0.15) is 0 Å². The van der Waals surface area contributed by atoms with Crippen LogP contribution in [0.2, 0.25) is 0 Å². The van der Waals surface area contributed by atoms with Crippen LogP contribution >= 0.6 is 0 Å². The molecule has 0 fully saturated rings. The Balaban J connectivity index is 1.92. The van der Waals surface area contributed by atoms with Gasteiger partial charge in [-0.25, -0.2) is 4.39 Å².